The molecule has 0 fully saturated rings. The molecule has 0 aliphatic carbocycles. The predicted molar refractivity (Wildman–Crippen MR) is 87.5 cm³/mol. The Bertz CT molecular complexity index is 548. The Hall–Kier alpha value is -0.860. The van der Waals surface area contributed by atoms with Crippen LogP contribution in [0.25, 0.3) is 10.8 Å². The van der Waals surface area contributed by atoms with Gasteiger partial charge in [-0.25, -0.2) is 0 Å². The lowest BCUT2D eigenvalue weighted by Crippen LogP contribution is -2.22. The third kappa shape index (κ3) is 3.80. The normalized spacial score (nSPS) is 13.1. The highest BCUT2D eigenvalue weighted by Crippen LogP contribution is 2.26. The van der Waals surface area contributed by atoms with Gasteiger partial charge >= 0.3 is 0 Å². The van der Waals surface area contributed by atoms with Crippen molar-refractivity contribution in [2.45, 2.75) is 33.2 Å². The van der Waals surface area contributed by atoms with Crippen molar-refractivity contribution in [1.29, 1.82) is 0 Å². The van der Waals surface area contributed by atoms with E-state index in [9.17, 15) is 0 Å². The molecule has 102 valence electrons. The van der Waals surface area contributed by atoms with Crippen LogP contribution in [-0.4, -0.2) is 6.54 Å². The van der Waals surface area contributed by atoms with Crippen molar-refractivity contribution in [3.8, 4) is 0 Å². The van der Waals surface area contributed by atoms with E-state index < -0.39 is 0 Å². The molecule has 2 aromatic rings. The highest BCUT2D eigenvalue weighted by molar-refractivity contribution is 9.10. The number of hydrogen-bond acceptors (Lipinski definition) is 1. The van der Waals surface area contributed by atoms with E-state index in [4.69, 9.17) is 0 Å². The molecule has 1 atom stereocenters. The van der Waals surface area contributed by atoms with E-state index in [1.807, 2.05) is 0 Å². The average Bonchev–Trinajstić information content (AvgIpc) is 2.37. The zero-order chi connectivity index (χ0) is 13.8. The lowest BCUT2D eigenvalue weighted by atomic mass is 9.95. The average molecular weight is 320 g/mol. The van der Waals surface area contributed by atoms with E-state index in [0.29, 0.717) is 12.0 Å². The number of benzene rings is 2. The zero-order valence-electron chi connectivity index (χ0n) is 11.9. The van der Waals surface area contributed by atoms with Crippen molar-refractivity contribution in [1.82, 2.24) is 5.32 Å². The molecule has 0 saturated heterocycles. The molecule has 0 amide bonds. The fourth-order valence-electron chi connectivity index (χ4n) is 2.51. The molecule has 2 heteroatoms. The first kappa shape index (κ1) is 14.5. The van der Waals surface area contributed by atoms with Gasteiger partial charge in [-0.15, -0.1) is 0 Å². The Morgan fingerprint density at radius 1 is 1.05 bits per heavy atom. The lowest BCUT2D eigenvalue weighted by molar-refractivity contribution is 0.439. The summed E-state index contributed by atoms with van der Waals surface area (Å²) >= 11 is 3.53. The van der Waals surface area contributed by atoms with Gasteiger partial charge in [0.1, 0.15) is 0 Å². The predicted octanol–water partition coefficient (Wildman–Crippen LogP) is 5.30. The molecule has 2 aromatic carbocycles. The quantitative estimate of drug-likeness (QED) is 0.788. The molecule has 1 nitrogen and oxygen atoms in total. The summed E-state index contributed by atoms with van der Waals surface area (Å²) in [4.78, 5) is 0. The molecule has 1 N–H and O–H groups in total. The van der Waals surface area contributed by atoms with Crippen LogP contribution in [0.1, 0.15) is 38.8 Å². The van der Waals surface area contributed by atoms with Crippen LogP contribution in [-0.2, 0) is 0 Å². The molecule has 0 aliphatic heterocycles. The molecule has 0 aliphatic rings. The first-order valence-electron chi connectivity index (χ1n) is 7.02. The van der Waals surface area contributed by atoms with Crippen molar-refractivity contribution in [3.05, 3.63) is 46.4 Å². The molecular weight excluding hydrogens is 298 g/mol. The SMILES string of the molecule is CCNC(CC(C)C)c1ccc2cc(Br)ccc2c1. The molecule has 0 heterocycles. The third-order valence-corrected chi connectivity index (χ3v) is 3.88. The van der Waals surface area contributed by atoms with Gasteiger partial charge in [0.25, 0.3) is 0 Å². The lowest BCUT2D eigenvalue weighted by Gasteiger charge is -2.21. The van der Waals surface area contributed by atoms with Gasteiger partial charge in [-0.2, -0.15) is 0 Å². The number of rotatable bonds is 5. The zero-order valence-corrected chi connectivity index (χ0v) is 13.5. The van der Waals surface area contributed by atoms with E-state index in [0.717, 1.165) is 11.0 Å². The van der Waals surface area contributed by atoms with Gasteiger partial charge in [-0.3, -0.25) is 0 Å². The summed E-state index contributed by atoms with van der Waals surface area (Å²) in [5.41, 5.74) is 1.39. The van der Waals surface area contributed by atoms with Crippen LogP contribution in [0.4, 0.5) is 0 Å². The molecular formula is C17H22BrN. The Labute approximate surface area is 124 Å². The van der Waals surface area contributed by atoms with Crippen molar-refractivity contribution < 1.29 is 0 Å². The monoisotopic (exact) mass is 319 g/mol. The summed E-state index contributed by atoms with van der Waals surface area (Å²) in [6.45, 7) is 7.74. The number of nitrogens with one attached hydrogen (secondary N) is 1. The van der Waals surface area contributed by atoms with Gasteiger partial charge in [0.2, 0.25) is 0 Å². The Morgan fingerprint density at radius 2 is 1.74 bits per heavy atom. The van der Waals surface area contributed by atoms with Crippen molar-refractivity contribution in [3.63, 3.8) is 0 Å². The van der Waals surface area contributed by atoms with Gasteiger partial charge in [-0.1, -0.05) is 54.9 Å². The van der Waals surface area contributed by atoms with Gasteiger partial charge in [-0.05, 0) is 53.4 Å². The highest BCUT2D eigenvalue weighted by Gasteiger charge is 2.12. The largest absolute Gasteiger partial charge is 0.310 e. The minimum atomic E-state index is 0.457. The van der Waals surface area contributed by atoms with E-state index in [2.05, 4.69) is 78.4 Å². The Balaban J connectivity index is 2.34. The molecule has 19 heavy (non-hydrogen) atoms. The highest BCUT2D eigenvalue weighted by atomic mass is 79.9. The second kappa shape index (κ2) is 6.53. The summed E-state index contributed by atoms with van der Waals surface area (Å²) in [5, 5.41) is 6.20. The van der Waals surface area contributed by atoms with Crippen LogP contribution < -0.4 is 5.32 Å². The standard InChI is InChI=1S/C17H22BrN/c1-4-19-17(9-12(2)3)15-6-5-14-11-16(18)8-7-13(14)10-15/h5-8,10-12,17,19H,4,9H2,1-3H3. The fraction of sp³-hybridized carbons (Fsp3) is 0.412. The molecule has 1 unspecified atom stereocenters. The van der Waals surface area contributed by atoms with E-state index in [1.54, 1.807) is 0 Å². The summed E-state index contributed by atoms with van der Waals surface area (Å²) in [7, 11) is 0. The molecule has 0 bridgehead atoms. The van der Waals surface area contributed by atoms with Crippen LogP contribution >= 0.6 is 15.9 Å². The fourth-order valence-corrected chi connectivity index (χ4v) is 2.89. The van der Waals surface area contributed by atoms with Gasteiger partial charge in [0.15, 0.2) is 0 Å². The second-order valence-electron chi connectivity index (χ2n) is 5.49. The van der Waals surface area contributed by atoms with E-state index in [1.165, 1.54) is 22.8 Å². The van der Waals surface area contributed by atoms with E-state index in [-0.39, 0.29) is 0 Å². The number of hydrogen-bond donors (Lipinski definition) is 1. The summed E-state index contributed by atoms with van der Waals surface area (Å²) in [6.07, 6.45) is 1.18. The molecule has 0 spiro atoms. The minimum absolute atomic E-state index is 0.457. The van der Waals surface area contributed by atoms with Crippen molar-refractivity contribution in [2.75, 3.05) is 6.54 Å². The molecule has 2 rings (SSSR count). The molecule has 0 saturated carbocycles. The summed E-state index contributed by atoms with van der Waals surface area (Å²) in [6, 6.07) is 13.7. The van der Waals surface area contributed by atoms with Crippen LogP contribution in [0.3, 0.4) is 0 Å². The molecule has 0 radical (unpaired) electrons. The molecule has 0 aromatic heterocycles. The smallest absolute Gasteiger partial charge is 0.0322 e. The first-order valence-corrected chi connectivity index (χ1v) is 7.82. The maximum absolute atomic E-state index is 3.60. The topological polar surface area (TPSA) is 12.0 Å². The van der Waals surface area contributed by atoms with Gasteiger partial charge in [0, 0.05) is 10.5 Å². The summed E-state index contributed by atoms with van der Waals surface area (Å²) in [5.74, 6) is 0.699. The van der Waals surface area contributed by atoms with Gasteiger partial charge < -0.3 is 5.32 Å². The maximum atomic E-state index is 3.60. The Morgan fingerprint density at radius 3 is 2.42 bits per heavy atom. The van der Waals surface area contributed by atoms with Crippen molar-refractivity contribution >= 4 is 26.7 Å². The summed E-state index contributed by atoms with van der Waals surface area (Å²) < 4.78 is 1.14. The van der Waals surface area contributed by atoms with Crippen LogP contribution in [0.15, 0.2) is 40.9 Å². The van der Waals surface area contributed by atoms with Crippen molar-refractivity contribution in [2.24, 2.45) is 5.92 Å². The maximum Gasteiger partial charge on any atom is 0.0322 e. The minimum Gasteiger partial charge on any atom is -0.310 e. The van der Waals surface area contributed by atoms with Crippen LogP contribution in [0, 0.1) is 5.92 Å². The number of fused-ring (bicyclic) bond motifs is 1. The van der Waals surface area contributed by atoms with E-state index >= 15 is 0 Å². The number of halogens is 1. The van der Waals surface area contributed by atoms with Crippen LogP contribution in [0.2, 0.25) is 0 Å². The Kier molecular flexibility index (Phi) is 5.00. The second-order valence-corrected chi connectivity index (χ2v) is 6.41. The van der Waals surface area contributed by atoms with Crippen LogP contribution in [0.5, 0.6) is 0 Å². The first-order chi connectivity index (χ1) is 9.10. The third-order valence-electron chi connectivity index (χ3n) is 3.39. The van der Waals surface area contributed by atoms with Gasteiger partial charge in [0.05, 0.1) is 0 Å².